The van der Waals surface area contributed by atoms with Gasteiger partial charge in [-0.1, -0.05) is 6.92 Å². The van der Waals surface area contributed by atoms with Crippen molar-refractivity contribution >= 4 is 23.3 Å². The highest BCUT2D eigenvalue weighted by molar-refractivity contribution is 7.09. The van der Waals surface area contributed by atoms with Gasteiger partial charge in [0.1, 0.15) is 0 Å². The molecule has 0 aliphatic heterocycles. The van der Waals surface area contributed by atoms with Crippen molar-refractivity contribution in [2.75, 3.05) is 19.6 Å². The molecule has 7 nitrogen and oxygen atoms in total. The van der Waals surface area contributed by atoms with Crippen LogP contribution in [-0.4, -0.2) is 58.7 Å². The summed E-state index contributed by atoms with van der Waals surface area (Å²) in [6.07, 6.45) is -2.87. The maximum Gasteiger partial charge on any atom is 0.434 e. The zero-order chi connectivity index (χ0) is 19.3. The number of amides is 2. The first kappa shape index (κ1) is 20.4. The quantitative estimate of drug-likeness (QED) is 0.627. The van der Waals surface area contributed by atoms with E-state index in [4.69, 9.17) is 5.11 Å². The zero-order valence-corrected chi connectivity index (χ0v) is 15.0. The lowest BCUT2D eigenvalue weighted by atomic mass is 9.85. The Morgan fingerprint density at radius 1 is 1.42 bits per heavy atom. The molecule has 26 heavy (non-hydrogen) atoms. The number of urea groups is 1. The molecule has 0 aromatic carbocycles. The number of rotatable bonds is 8. The minimum Gasteiger partial charge on any atom is -0.480 e. The van der Waals surface area contributed by atoms with E-state index in [-0.39, 0.29) is 37.6 Å². The molecule has 11 heteroatoms. The number of nitrogens with zero attached hydrogens (tertiary/aromatic N) is 2. The summed E-state index contributed by atoms with van der Waals surface area (Å²) in [6.45, 7) is 2.68. The van der Waals surface area contributed by atoms with Gasteiger partial charge in [-0.2, -0.15) is 13.2 Å². The van der Waals surface area contributed by atoms with E-state index >= 15 is 0 Å². The number of hydrogen-bond acceptors (Lipinski definition) is 5. The average Bonchev–Trinajstić information content (AvgIpc) is 2.97. The van der Waals surface area contributed by atoms with E-state index in [1.807, 2.05) is 11.8 Å². The topological polar surface area (TPSA) is 94.6 Å². The van der Waals surface area contributed by atoms with Crippen molar-refractivity contribution in [1.82, 2.24) is 20.5 Å². The van der Waals surface area contributed by atoms with Crippen LogP contribution in [0.4, 0.5) is 18.0 Å². The lowest BCUT2D eigenvalue weighted by Gasteiger charge is -2.42. The molecule has 1 heterocycles. The average molecular weight is 394 g/mol. The largest absolute Gasteiger partial charge is 0.480 e. The minimum absolute atomic E-state index is 0.0200. The molecular weight excluding hydrogens is 373 g/mol. The summed E-state index contributed by atoms with van der Waals surface area (Å²) in [5.74, 6) is -0.878. The second-order valence-corrected chi connectivity index (χ2v) is 7.00. The molecular formula is C15H21F3N4O3S. The molecule has 0 bridgehead atoms. The number of carboxylic acid groups (broad SMARTS) is 1. The van der Waals surface area contributed by atoms with Crippen LogP contribution in [0.5, 0.6) is 0 Å². The fraction of sp³-hybridized carbons (Fsp3) is 0.667. The monoisotopic (exact) mass is 394 g/mol. The maximum absolute atomic E-state index is 12.5. The van der Waals surface area contributed by atoms with Crippen LogP contribution in [0.25, 0.3) is 0 Å². The van der Waals surface area contributed by atoms with E-state index in [9.17, 15) is 22.8 Å². The van der Waals surface area contributed by atoms with Gasteiger partial charge < -0.3 is 15.7 Å². The standard InChI is InChI=1S/C15H21F3N4O3S/c1-2-22(7-13(23)24)10-5-9(6-10)20-14(25)19-4-3-12-21-11(8-26-12)15(16,17)18/h8-10H,2-7H2,1H3,(H,23,24)(H2,19,20,25). The number of halogens is 3. The molecule has 2 amide bonds. The summed E-state index contributed by atoms with van der Waals surface area (Å²) in [5.41, 5.74) is -0.913. The first-order chi connectivity index (χ1) is 12.2. The van der Waals surface area contributed by atoms with E-state index in [0.29, 0.717) is 24.4 Å². The van der Waals surface area contributed by atoms with Gasteiger partial charge in [-0.3, -0.25) is 9.69 Å². The molecule has 0 saturated heterocycles. The van der Waals surface area contributed by atoms with E-state index < -0.39 is 17.8 Å². The first-order valence-electron chi connectivity index (χ1n) is 8.20. The second-order valence-electron chi connectivity index (χ2n) is 6.05. The highest BCUT2D eigenvalue weighted by Gasteiger charge is 2.35. The van der Waals surface area contributed by atoms with Gasteiger partial charge in [0.05, 0.1) is 11.6 Å². The lowest BCUT2D eigenvalue weighted by molar-refractivity contribution is -0.141. The first-order valence-corrected chi connectivity index (χ1v) is 9.08. The van der Waals surface area contributed by atoms with E-state index in [1.54, 1.807) is 0 Å². The Kier molecular flexibility index (Phi) is 6.81. The number of aliphatic carboxylic acids is 1. The Bertz CT molecular complexity index is 632. The van der Waals surface area contributed by atoms with E-state index in [2.05, 4.69) is 15.6 Å². The van der Waals surface area contributed by atoms with Crippen LogP contribution in [-0.2, 0) is 17.4 Å². The highest BCUT2D eigenvalue weighted by atomic mass is 32.1. The molecule has 146 valence electrons. The molecule has 0 spiro atoms. The summed E-state index contributed by atoms with van der Waals surface area (Å²) in [6, 6.07) is -0.278. The Hall–Kier alpha value is -1.88. The lowest BCUT2D eigenvalue weighted by Crippen LogP contribution is -2.56. The van der Waals surface area contributed by atoms with Crippen molar-refractivity contribution in [3.8, 4) is 0 Å². The van der Waals surface area contributed by atoms with Crippen LogP contribution in [0.1, 0.15) is 30.5 Å². The van der Waals surface area contributed by atoms with Crippen LogP contribution in [0, 0.1) is 0 Å². The van der Waals surface area contributed by atoms with Crippen LogP contribution in [0.15, 0.2) is 5.38 Å². The van der Waals surface area contributed by atoms with E-state index in [0.717, 1.165) is 16.7 Å². The number of carboxylic acids is 1. The van der Waals surface area contributed by atoms with E-state index in [1.165, 1.54) is 0 Å². The van der Waals surface area contributed by atoms with Crippen LogP contribution in [0.3, 0.4) is 0 Å². The minimum atomic E-state index is -4.45. The zero-order valence-electron chi connectivity index (χ0n) is 14.2. The van der Waals surface area contributed by atoms with Gasteiger partial charge in [-0.25, -0.2) is 9.78 Å². The van der Waals surface area contributed by atoms with Gasteiger partial charge in [0.25, 0.3) is 0 Å². The van der Waals surface area contributed by atoms with Crippen molar-refractivity contribution < 1.29 is 27.9 Å². The normalized spacial score (nSPS) is 19.9. The Morgan fingerprint density at radius 3 is 2.65 bits per heavy atom. The van der Waals surface area contributed by atoms with Crippen LogP contribution >= 0.6 is 11.3 Å². The Balaban J connectivity index is 1.64. The number of likely N-dealkylation sites (N-methyl/N-ethyl adjacent to an activating group) is 1. The third kappa shape index (κ3) is 5.84. The van der Waals surface area contributed by atoms with Crippen molar-refractivity contribution in [2.45, 2.75) is 44.4 Å². The van der Waals surface area contributed by atoms with Crippen LogP contribution in [0.2, 0.25) is 0 Å². The molecule has 1 fully saturated rings. The summed E-state index contributed by atoms with van der Waals surface area (Å²) < 4.78 is 37.4. The third-order valence-corrected chi connectivity index (χ3v) is 5.08. The third-order valence-electron chi connectivity index (χ3n) is 4.18. The number of alkyl halides is 3. The molecule has 1 aromatic heterocycles. The predicted octanol–water partition coefficient (Wildman–Crippen LogP) is 1.94. The van der Waals surface area contributed by atoms with Crippen molar-refractivity contribution in [1.29, 1.82) is 0 Å². The van der Waals surface area contributed by atoms with Crippen molar-refractivity contribution in [2.24, 2.45) is 0 Å². The molecule has 1 aliphatic carbocycles. The summed E-state index contributed by atoms with van der Waals surface area (Å²) >= 11 is 0.912. The molecule has 2 rings (SSSR count). The van der Waals surface area contributed by atoms with Gasteiger partial charge in [-0.05, 0) is 19.4 Å². The van der Waals surface area contributed by atoms with Gasteiger partial charge in [0, 0.05) is 30.4 Å². The fourth-order valence-corrected chi connectivity index (χ4v) is 3.56. The summed E-state index contributed by atoms with van der Waals surface area (Å²) in [5, 5.41) is 15.5. The van der Waals surface area contributed by atoms with Gasteiger partial charge in [0.15, 0.2) is 5.69 Å². The molecule has 3 N–H and O–H groups in total. The smallest absolute Gasteiger partial charge is 0.434 e. The molecule has 1 aliphatic rings. The van der Waals surface area contributed by atoms with Crippen molar-refractivity contribution in [3.63, 3.8) is 0 Å². The van der Waals surface area contributed by atoms with Gasteiger partial charge in [0.2, 0.25) is 0 Å². The van der Waals surface area contributed by atoms with Gasteiger partial charge >= 0.3 is 18.2 Å². The fourth-order valence-electron chi connectivity index (χ4n) is 2.75. The molecule has 1 aromatic rings. The molecule has 0 radical (unpaired) electrons. The summed E-state index contributed by atoms with van der Waals surface area (Å²) in [4.78, 5) is 27.9. The number of carbonyl (C=O) groups is 2. The highest BCUT2D eigenvalue weighted by Crippen LogP contribution is 2.30. The second kappa shape index (κ2) is 8.67. The Labute approximate surface area is 152 Å². The maximum atomic E-state index is 12.5. The number of nitrogens with one attached hydrogen (secondary N) is 2. The predicted molar refractivity (Wildman–Crippen MR) is 89.0 cm³/mol. The number of carbonyl (C=O) groups excluding carboxylic acids is 1. The molecule has 1 saturated carbocycles. The molecule has 0 unspecified atom stereocenters. The number of thiazole rings is 1. The van der Waals surface area contributed by atoms with Crippen molar-refractivity contribution in [3.05, 3.63) is 16.1 Å². The Morgan fingerprint density at radius 2 is 2.12 bits per heavy atom. The van der Waals surface area contributed by atoms with Crippen LogP contribution < -0.4 is 10.6 Å². The number of aromatic nitrogens is 1. The number of hydrogen-bond donors (Lipinski definition) is 3. The SMILES string of the molecule is CCN(CC(=O)O)C1CC(NC(=O)NCCc2nc(C(F)(F)F)cs2)C1. The van der Waals surface area contributed by atoms with Gasteiger partial charge in [-0.15, -0.1) is 11.3 Å². The summed E-state index contributed by atoms with van der Waals surface area (Å²) in [7, 11) is 0. The molecule has 0 atom stereocenters.